The molecule has 2 unspecified atom stereocenters. The molecule has 1 rings (SSSR count). The predicted molar refractivity (Wildman–Crippen MR) is 69.6 cm³/mol. The summed E-state index contributed by atoms with van der Waals surface area (Å²) in [5.41, 5.74) is 0. The molecule has 0 spiro atoms. The van der Waals surface area contributed by atoms with Gasteiger partial charge >= 0.3 is 12.0 Å². The van der Waals surface area contributed by atoms with Crippen LogP contribution in [0.3, 0.4) is 0 Å². The van der Waals surface area contributed by atoms with Gasteiger partial charge in [-0.2, -0.15) is 0 Å². The molecular formula is C11H20N2O5S. The van der Waals surface area contributed by atoms with Crippen LogP contribution in [0.1, 0.15) is 26.7 Å². The summed E-state index contributed by atoms with van der Waals surface area (Å²) in [4.78, 5) is 22.6. The van der Waals surface area contributed by atoms with Crippen molar-refractivity contribution >= 4 is 21.8 Å². The molecule has 0 aromatic heterocycles. The summed E-state index contributed by atoms with van der Waals surface area (Å²) in [6.45, 7) is 3.72. The second kappa shape index (κ2) is 6.23. The summed E-state index contributed by atoms with van der Waals surface area (Å²) in [6, 6.07) is -2.02. The monoisotopic (exact) mass is 292 g/mol. The van der Waals surface area contributed by atoms with E-state index in [1.165, 1.54) is 0 Å². The molecule has 0 saturated carbocycles. The lowest BCUT2D eigenvalue weighted by molar-refractivity contribution is -0.139. The minimum atomic E-state index is -3.06. The van der Waals surface area contributed by atoms with Crippen molar-refractivity contribution in [1.29, 1.82) is 0 Å². The van der Waals surface area contributed by atoms with E-state index in [9.17, 15) is 18.0 Å². The summed E-state index contributed by atoms with van der Waals surface area (Å²) in [5.74, 6) is -0.981. The number of aliphatic carboxylic acids is 1. The average Bonchev–Trinajstić information content (AvgIpc) is 2.56. The van der Waals surface area contributed by atoms with Crippen LogP contribution < -0.4 is 10.6 Å². The van der Waals surface area contributed by atoms with Crippen LogP contribution in [0.4, 0.5) is 4.79 Å². The highest BCUT2D eigenvalue weighted by Gasteiger charge is 2.30. The van der Waals surface area contributed by atoms with Gasteiger partial charge in [0.25, 0.3) is 0 Å². The molecule has 110 valence electrons. The Hall–Kier alpha value is -1.31. The van der Waals surface area contributed by atoms with Gasteiger partial charge < -0.3 is 15.7 Å². The van der Waals surface area contributed by atoms with E-state index in [1.807, 2.05) is 13.8 Å². The van der Waals surface area contributed by atoms with Gasteiger partial charge in [0.15, 0.2) is 9.84 Å². The maximum absolute atomic E-state index is 11.6. The third-order valence-electron chi connectivity index (χ3n) is 2.88. The number of nitrogens with one attached hydrogen (secondary N) is 2. The van der Waals surface area contributed by atoms with E-state index >= 15 is 0 Å². The van der Waals surface area contributed by atoms with Crippen LogP contribution in [0, 0.1) is 5.92 Å². The molecule has 8 heteroatoms. The molecule has 7 nitrogen and oxygen atoms in total. The summed E-state index contributed by atoms with van der Waals surface area (Å²) >= 11 is 0. The molecule has 1 heterocycles. The Morgan fingerprint density at radius 3 is 2.42 bits per heavy atom. The number of rotatable bonds is 5. The fourth-order valence-corrected chi connectivity index (χ4v) is 3.66. The van der Waals surface area contributed by atoms with Crippen LogP contribution >= 0.6 is 0 Å². The second-order valence-corrected chi connectivity index (χ2v) is 7.47. The second-order valence-electron chi connectivity index (χ2n) is 5.24. The van der Waals surface area contributed by atoms with Crippen LogP contribution in [0.5, 0.6) is 0 Å². The first kappa shape index (κ1) is 15.7. The Balaban J connectivity index is 2.47. The Morgan fingerprint density at radius 1 is 1.37 bits per heavy atom. The molecule has 0 aromatic rings. The van der Waals surface area contributed by atoms with Crippen LogP contribution in [-0.2, 0) is 14.6 Å². The fourth-order valence-electron chi connectivity index (χ4n) is 1.99. The predicted octanol–water partition coefficient (Wildman–Crippen LogP) is -0.0280. The number of hydrogen-bond donors (Lipinski definition) is 3. The van der Waals surface area contributed by atoms with Crippen LogP contribution in [0.2, 0.25) is 0 Å². The standard InChI is InChI=1S/C11H20N2O5S/c1-7(2)5-9(10(14)15)13-11(16)12-8-3-4-19(17,18)6-8/h7-9H,3-6H2,1-2H3,(H,14,15)(H2,12,13,16). The zero-order valence-electron chi connectivity index (χ0n) is 11.0. The summed E-state index contributed by atoms with van der Waals surface area (Å²) in [5, 5.41) is 13.8. The maximum atomic E-state index is 11.6. The van der Waals surface area contributed by atoms with Gasteiger partial charge in [-0.15, -0.1) is 0 Å². The van der Waals surface area contributed by atoms with Gasteiger partial charge in [-0.1, -0.05) is 13.8 Å². The van der Waals surface area contributed by atoms with Crippen molar-refractivity contribution in [2.75, 3.05) is 11.5 Å². The molecule has 0 radical (unpaired) electrons. The Bertz CT molecular complexity index is 446. The number of amides is 2. The van der Waals surface area contributed by atoms with E-state index in [0.717, 1.165) is 0 Å². The first-order valence-corrected chi connectivity index (χ1v) is 8.02. The topological polar surface area (TPSA) is 113 Å². The van der Waals surface area contributed by atoms with E-state index in [-0.39, 0.29) is 17.4 Å². The van der Waals surface area contributed by atoms with E-state index in [4.69, 9.17) is 5.11 Å². The molecule has 1 fully saturated rings. The van der Waals surface area contributed by atoms with Crippen molar-refractivity contribution in [3.63, 3.8) is 0 Å². The molecule has 1 saturated heterocycles. The van der Waals surface area contributed by atoms with Gasteiger partial charge in [0, 0.05) is 6.04 Å². The number of carbonyl (C=O) groups excluding carboxylic acids is 1. The van der Waals surface area contributed by atoms with Gasteiger partial charge in [0.2, 0.25) is 0 Å². The molecule has 1 aliphatic heterocycles. The molecule has 1 aliphatic rings. The zero-order chi connectivity index (χ0) is 14.6. The minimum absolute atomic E-state index is 0.0618. The van der Waals surface area contributed by atoms with Crippen molar-refractivity contribution < 1.29 is 23.1 Å². The lowest BCUT2D eigenvalue weighted by Crippen LogP contribution is -2.49. The minimum Gasteiger partial charge on any atom is -0.480 e. The van der Waals surface area contributed by atoms with Crippen LogP contribution in [0.25, 0.3) is 0 Å². The quantitative estimate of drug-likeness (QED) is 0.659. The summed E-state index contributed by atoms with van der Waals surface area (Å²) in [6.07, 6.45) is 0.698. The highest BCUT2D eigenvalue weighted by molar-refractivity contribution is 7.91. The summed E-state index contributed by atoms with van der Waals surface area (Å²) in [7, 11) is -3.06. The molecule has 2 amide bonds. The van der Waals surface area contributed by atoms with Gasteiger partial charge in [0.1, 0.15) is 6.04 Å². The Kier molecular flexibility index (Phi) is 5.16. The number of sulfone groups is 1. The number of carbonyl (C=O) groups is 2. The van der Waals surface area contributed by atoms with Crippen molar-refractivity contribution in [2.45, 2.75) is 38.8 Å². The van der Waals surface area contributed by atoms with E-state index in [1.54, 1.807) is 0 Å². The normalized spacial score (nSPS) is 23.0. The smallest absolute Gasteiger partial charge is 0.326 e. The van der Waals surface area contributed by atoms with E-state index in [0.29, 0.717) is 12.8 Å². The first-order valence-electron chi connectivity index (χ1n) is 6.20. The molecule has 0 aromatic carbocycles. The molecule has 19 heavy (non-hydrogen) atoms. The third-order valence-corrected chi connectivity index (χ3v) is 4.65. The van der Waals surface area contributed by atoms with Crippen molar-refractivity contribution in [1.82, 2.24) is 10.6 Å². The van der Waals surface area contributed by atoms with Crippen LogP contribution in [0.15, 0.2) is 0 Å². The van der Waals surface area contributed by atoms with Crippen molar-refractivity contribution in [3.05, 3.63) is 0 Å². The molecule has 0 bridgehead atoms. The van der Waals surface area contributed by atoms with Crippen LogP contribution in [-0.4, -0.2) is 49.1 Å². The SMILES string of the molecule is CC(C)CC(NC(=O)NC1CCS(=O)(=O)C1)C(=O)O. The van der Waals surface area contributed by atoms with Crippen molar-refractivity contribution in [3.8, 4) is 0 Å². The van der Waals surface area contributed by atoms with Gasteiger partial charge in [0.05, 0.1) is 11.5 Å². The number of carboxylic acid groups (broad SMARTS) is 1. The highest BCUT2D eigenvalue weighted by atomic mass is 32.2. The Morgan fingerprint density at radius 2 is 2.00 bits per heavy atom. The maximum Gasteiger partial charge on any atom is 0.326 e. The Labute approximate surface area is 112 Å². The summed E-state index contributed by atoms with van der Waals surface area (Å²) < 4.78 is 22.5. The van der Waals surface area contributed by atoms with E-state index < -0.39 is 33.9 Å². The number of urea groups is 1. The number of hydrogen-bond acceptors (Lipinski definition) is 4. The lowest BCUT2D eigenvalue weighted by Gasteiger charge is -2.18. The molecule has 0 aliphatic carbocycles. The fraction of sp³-hybridized carbons (Fsp3) is 0.818. The lowest BCUT2D eigenvalue weighted by atomic mass is 10.0. The van der Waals surface area contributed by atoms with Gasteiger partial charge in [-0.25, -0.2) is 18.0 Å². The van der Waals surface area contributed by atoms with Crippen molar-refractivity contribution in [2.24, 2.45) is 5.92 Å². The highest BCUT2D eigenvalue weighted by Crippen LogP contribution is 2.11. The zero-order valence-corrected chi connectivity index (χ0v) is 11.9. The van der Waals surface area contributed by atoms with E-state index in [2.05, 4.69) is 10.6 Å². The third kappa shape index (κ3) is 5.46. The number of carboxylic acids is 1. The molecule has 3 N–H and O–H groups in total. The van der Waals surface area contributed by atoms with Gasteiger partial charge in [-0.05, 0) is 18.8 Å². The molecular weight excluding hydrogens is 272 g/mol. The average molecular weight is 292 g/mol. The van der Waals surface area contributed by atoms with Gasteiger partial charge in [-0.3, -0.25) is 0 Å². The largest absolute Gasteiger partial charge is 0.480 e. The molecule has 2 atom stereocenters. The first-order chi connectivity index (χ1) is 8.69.